The van der Waals surface area contributed by atoms with Crippen molar-refractivity contribution in [3.05, 3.63) is 80.8 Å². The maximum absolute atomic E-state index is 4.31. The lowest BCUT2D eigenvalue weighted by atomic mass is 9.91. The van der Waals surface area contributed by atoms with Gasteiger partial charge in [0.15, 0.2) is 0 Å². The molecule has 0 aliphatic heterocycles. The van der Waals surface area contributed by atoms with Crippen molar-refractivity contribution < 1.29 is 0 Å². The van der Waals surface area contributed by atoms with E-state index in [0.717, 1.165) is 10.0 Å². The Morgan fingerprint density at radius 1 is 0.833 bits per heavy atom. The first-order chi connectivity index (χ1) is 11.6. The van der Waals surface area contributed by atoms with Gasteiger partial charge >= 0.3 is 0 Å². The van der Waals surface area contributed by atoms with Crippen LogP contribution in [-0.4, -0.2) is 10.2 Å². The lowest BCUT2D eigenvalue weighted by Crippen LogP contribution is -2.26. The van der Waals surface area contributed by atoms with Crippen LogP contribution in [0.1, 0.15) is 51.3 Å². The number of aromatic nitrogens is 2. The minimum absolute atomic E-state index is 0.131. The van der Waals surface area contributed by atoms with Gasteiger partial charge in [0.2, 0.25) is 0 Å². The van der Waals surface area contributed by atoms with Gasteiger partial charge < -0.3 is 0 Å². The van der Waals surface area contributed by atoms with Crippen LogP contribution in [0.4, 0.5) is 0 Å². The molecule has 3 nitrogen and oxygen atoms in total. The summed E-state index contributed by atoms with van der Waals surface area (Å²) in [5, 5.41) is 14.3. The normalized spacial score (nSPS) is 12.5. The fraction of sp³-hybridized carbons (Fsp3) is 0.300. The zero-order valence-electron chi connectivity index (χ0n) is 14.6. The smallest absolute Gasteiger partial charge is 0.134 e. The van der Waals surface area contributed by atoms with Gasteiger partial charge in [-0.2, -0.15) is 0 Å². The van der Waals surface area contributed by atoms with E-state index in [1.165, 1.54) is 22.3 Å². The van der Waals surface area contributed by atoms with Crippen LogP contribution in [0.25, 0.3) is 0 Å². The molecule has 2 aromatic carbocycles. The zero-order chi connectivity index (χ0) is 17.1. The molecule has 4 heteroatoms. The van der Waals surface area contributed by atoms with Gasteiger partial charge in [0, 0.05) is 0 Å². The Morgan fingerprint density at radius 2 is 1.38 bits per heavy atom. The van der Waals surface area contributed by atoms with E-state index in [2.05, 4.69) is 84.8 Å². The highest BCUT2D eigenvalue weighted by atomic mass is 32.1. The Balaban J connectivity index is 1.99. The molecule has 0 spiro atoms. The molecule has 0 bridgehead atoms. The van der Waals surface area contributed by atoms with Gasteiger partial charge in [-0.05, 0) is 49.9 Å². The number of hydrogen-bond donors (Lipinski definition) is 1. The second-order valence-corrected chi connectivity index (χ2v) is 7.41. The molecule has 0 amide bonds. The summed E-state index contributed by atoms with van der Waals surface area (Å²) in [4.78, 5) is 0. The van der Waals surface area contributed by atoms with E-state index in [9.17, 15) is 0 Å². The molecule has 1 aromatic heterocycles. The summed E-state index contributed by atoms with van der Waals surface area (Å²) in [5.74, 6) is 0. The van der Waals surface area contributed by atoms with Crippen molar-refractivity contribution in [2.24, 2.45) is 0 Å². The average Bonchev–Trinajstić information content (AvgIpc) is 3.01. The molecular formula is C20H23N3S. The molecule has 124 valence electrons. The summed E-state index contributed by atoms with van der Waals surface area (Å²) < 4.78 is 0. The molecule has 0 radical (unpaired) electrons. The Labute approximate surface area is 147 Å². The summed E-state index contributed by atoms with van der Waals surface area (Å²) in [6.07, 6.45) is 0. The summed E-state index contributed by atoms with van der Waals surface area (Å²) >= 11 is 1.65. The molecule has 1 atom stereocenters. The van der Waals surface area contributed by atoms with Crippen LogP contribution in [0.15, 0.2) is 48.5 Å². The van der Waals surface area contributed by atoms with E-state index < -0.39 is 0 Å². The molecule has 0 saturated heterocycles. The maximum Gasteiger partial charge on any atom is 0.134 e. The second-order valence-electron chi connectivity index (χ2n) is 6.19. The number of hydrogen-bond acceptors (Lipinski definition) is 4. The predicted octanol–water partition coefficient (Wildman–Crippen LogP) is 4.90. The Hall–Kier alpha value is -2.04. The lowest BCUT2D eigenvalue weighted by molar-refractivity contribution is 0.509. The van der Waals surface area contributed by atoms with Crippen molar-refractivity contribution in [1.29, 1.82) is 0 Å². The Morgan fingerprint density at radius 3 is 1.83 bits per heavy atom. The van der Waals surface area contributed by atoms with E-state index in [4.69, 9.17) is 0 Å². The highest BCUT2D eigenvalue weighted by Crippen LogP contribution is 2.30. The first-order valence-corrected chi connectivity index (χ1v) is 9.05. The molecular weight excluding hydrogens is 314 g/mol. The van der Waals surface area contributed by atoms with Gasteiger partial charge in [-0.15, -0.1) is 21.5 Å². The molecule has 1 unspecified atom stereocenters. The maximum atomic E-state index is 4.31. The topological polar surface area (TPSA) is 37.8 Å². The fourth-order valence-electron chi connectivity index (χ4n) is 2.98. The lowest BCUT2D eigenvalue weighted by Gasteiger charge is -2.26. The number of nitrogens with one attached hydrogen (secondary N) is 1. The molecule has 0 aliphatic rings. The molecule has 24 heavy (non-hydrogen) atoms. The third-order valence-corrected chi connectivity index (χ3v) is 5.35. The summed E-state index contributed by atoms with van der Waals surface area (Å²) in [5.41, 5.74) is 5.19. The Bertz CT molecular complexity index is 780. The van der Waals surface area contributed by atoms with Crippen molar-refractivity contribution in [2.45, 2.75) is 39.8 Å². The molecule has 3 aromatic rings. The van der Waals surface area contributed by atoms with E-state index >= 15 is 0 Å². The first kappa shape index (κ1) is 16.8. The zero-order valence-corrected chi connectivity index (χ0v) is 15.4. The van der Waals surface area contributed by atoms with Gasteiger partial charge in [-0.3, -0.25) is 5.32 Å². The van der Waals surface area contributed by atoms with Crippen molar-refractivity contribution in [3.63, 3.8) is 0 Å². The third-order valence-electron chi connectivity index (χ3n) is 4.33. The van der Waals surface area contributed by atoms with Crippen molar-refractivity contribution in [1.82, 2.24) is 15.5 Å². The molecule has 0 saturated carbocycles. The van der Waals surface area contributed by atoms with Crippen molar-refractivity contribution in [2.75, 3.05) is 0 Å². The van der Waals surface area contributed by atoms with Gasteiger partial charge in [0.05, 0.1) is 12.1 Å². The van der Waals surface area contributed by atoms with E-state index in [1.807, 2.05) is 6.92 Å². The molecule has 1 N–H and O–H groups in total. The quantitative estimate of drug-likeness (QED) is 0.719. The van der Waals surface area contributed by atoms with Crippen LogP contribution in [-0.2, 0) is 0 Å². The molecule has 1 heterocycles. The fourth-order valence-corrected chi connectivity index (χ4v) is 3.69. The van der Waals surface area contributed by atoms with Gasteiger partial charge in [0.1, 0.15) is 10.0 Å². The van der Waals surface area contributed by atoms with Gasteiger partial charge in [0.25, 0.3) is 0 Å². The van der Waals surface area contributed by atoms with Crippen LogP contribution < -0.4 is 5.32 Å². The minimum Gasteiger partial charge on any atom is -0.297 e. The van der Waals surface area contributed by atoms with E-state index in [-0.39, 0.29) is 12.1 Å². The monoisotopic (exact) mass is 337 g/mol. The van der Waals surface area contributed by atoms with E-state index in [1.54, 1.807) is 11.3 Å². The SMILES string of the molecule is Cc1nnc(C(C)NC(c2ccccc2C)c2ccccc2C)s1. The molecule has 0 fully saturated rings. The minimum atomic E-state index is 0.131. The molecule has 3 rings (SSSR count). The standard InChI is InChI=1S/C20H23N3S/c1-13-9-5-7-11-17(13)19(18-12-8-6-10-14(18)2)21-15(3)20-23-22-16(4)24-20/h5-12,15,19,21H,1-4H3. The Kier molecular flexibility index (Phi) is 5.07. The van der Waals surface area contributed by atoms with Crippen molar-refractivity contribution in [3.8, 4) is 0 Å². The van der Waals surface area contributed by atoms with Gasteiger partial charge in [-0.1, -0.05) is 48.5 Å². The van der Waals surface area contributed by atoms with Crippen LogP contribution in [0, 0.1) is 20.8 Å². The van der Waals surface area contributed by atoms with Crippen LogP contribution in [0.5, 0.6) is 0 Å². The number of benzene rings is 2. The second kappa shape index (κ2) is 7.24. The number of aryl methyl sites for hydroxylation is 3. The average molecular weight is 337 g/mol. The van der Waals surface area contributed by atoms with Crippen LogP contribution in [0.3, 0.4) is 0 Å². The predicted molar refractivity (Wildman–Crippen MR) is 100 cm³/mol. The van der Waals surface area contributed by atoms with Gasteiger partial charge in [-0.25, -0.2) is 0 Å². The highest BCUT2D eigenvalue weighted by Gasteiger charge is 2.21. The van der Waals surface area contributed by atoms with Crippen molar-refractivity contribution >= 4 is 11.3 Å². The molecule has 0 aliphatic carbocycles. The van der Waals surface area contributed by atoms with E-state index in [0.29, 0.717) is 0 Å². The van der Waals surface area contributed by atoms with Crippen LogP contribution in [0.2, 0.25) is 0 Å². The summed E-state index contributed by atoms with van der Waals surface area (Å²) in [6, 6.07) is 17.4. The number of nitrogens with zero attached hydrogens (tertiary/aromatic N) is 2. The van der Waals surface area contributed by atoms with Crippen LogP contribution >= 0.6 is 11.3 Å². The third kappa shape index (κ3) is 3.55. The number of rotatable bonds is 5. The highest BCUT2D eigenvalue weighted by molar-refractivity contribution is 7.11. The first-order valence-electron chi connectivity index (χ1n) is 8.23. The summed E-state index contributed by atoms with van der Waals surface area (Å²) in [6.45, 7) is 8.49. The summed E-state index contributed by atoms with van der Waals surface area (Å²) in [7, 11) is 0. The largest absolute Gasteiger partial charge is 0.297 e.